The molecule has 1 saturated heterocycles. The summed E-state index contributed by atoms with van der Waals surface area (Å²) in [5, 5.41) is 3.70. The van der Waals surface area contributed by atoms with Crippen molar-refractivity contribution in [2.45, 2.75) is 82.5 Å². The van der Waals surface area contributed by atoms with Crippen LogP contribution in [0.5, 0.6) is 0 Å². The molecule has 3 rings (SSSR count). The van der Waals surface area contributed by atoms with Crippen LogP contribution in [0.2, 0.25) is 0 Å². The summed E-state index contributed by atoms with van der Waals surface area (Å²) in [6.45, 7) is 5.17. The lowest BCUT2D eigenvalue weighted by molar-refractivity contribution is -0.123. The van der Waals surface area contributed by atoms with Gasteiger partial charge in [-0.15, -0.1) is 0 Å². The van der Waals surface area contributed by atoms with E-state index in [1.807, 2.05) is 0 Å². The number of hydrogen-bond donors (Lipinski definition) is 1. The highest BCUT2D eigenvalue weighted by molar-refractivity contribution is 4.92. The molecule has 2 aliphatic carbocycles. The standard InChI is InChI=1S/C17H31NO2/c1-14-7-9-17(10-8-14,13-18-15-5-6-15)20-12-16-4-2-3-11-19-16/h14-16,18H,2-13H2,1H3. The lowest BCUT2D eigenvalue weighted by Gasteiger charge is -2.41. The topological polar surface area (TPSA) is 30.5 Å². The molecule has 0 amide bonds. The number of rotatable bonds is 6. The van der Waals surface area contributed by atoms with Crippen LogP contribution in [0.1, 0.15) is 64.7 Å². The summed E-state index contributed by atoms with van der Waals surface area (Å²) in [5.74, 6) is 0.874. The molecule has 0 aromatic heterocycles. The molecule has 1 N–H and O–H groups in total. The molecule has 20 heavy (non-hydrogen) atoms. The van der Waals surface area contributed by atoms with Crippen LogP contribution in [0.15, 0.2) is 0 Å². The Hall–Kier alpha value is -0.120. The summed E-state index contributed by atoms with van der Waals surface area (Å²) in [6, 6.07) is 0.778. The van der Waals surface area contributed by atoms with Gasteiger partial charge in [0.15, 0.2) is 0 Å². The molecule has 1 heterocycles. The van der Waals surface area contributed by atoms with E-state index in [0.717, 1.165) is 31.7 Å². The summed E-state index contributed by atoms with van der Waals surface area (Å²) in [4.78, 5) is 0. The second-order valence-corrected chi connectivity index (χ2v) is 7.32. The van der Waals surface area contributed by atoms with Gasteiger partial charge >= 0.3 is 0 Å². The van der Waals surface area contributed by atoms with E-state index < -0.39 is 0 Å². The van der Waals surface area contributed by atoms with E-state index in [1.54, 1.807) is 0 Å². The van der Waals surface area contributed by atoms with Gasteiger partial charge in [0, 0.05) is 19.2 Å². The predicted octanol–water partition coefficient (Wildman–Crippen LogP) is 3.27. The van der Waals surface area contributed by atoms with Crippen LogP contribution >= 0.6 is 0 Å². The molecule has 1 unspecified atom stereocenters. The van der Waals surface area contributed by atoms with Gasteiger partial charge in [-0.3, -0.25) is 0 Å². The van der Waals surface area contributed by atoms with Gasteiger partial charge in [-0.2, -0.15) is 0 Å². The van der Waals surface area contributed by atoms with Crippen molar-refractivity contribution >= 4 is 0 Å². The first-order valence-corrected chi connectivity index (χ1v) is 8.75. The van der Waals surface area contributed by atoms with Gasteiger partial charge in [-0.1, -0.05) is 6.92 Å². The van der Waals surface area contributed by atoms with Gasteiger partial charge < -0.3 is 14.8 Å². The second-order valence-electron chi connectivity index (χ2n) is 7.32. The minimum atomic E-state index is 0.0932. The minimum Gasteiger partial charge on any atom is -0.376 e. The molecule has 3 nitrogen and oxygen atoms in total. The molecule has 0 spiro atoms. The highest BCUT2D eigenvalue weighted by Gasteiger charge is 2.37. The number of hydrogen-bond acceptors (Lipinski definition) is 3. The maximum Gasteiger partial charge on any atom is 0.0808 e. The van der Waals surface area contributed by atoms with Crippen molar-refractivity contribution in [3.05, 3.63) is 0 Å². The Kier molecular flexibility index (Phi) is 5.00. The van der Waals surface area contributed by atoms with E-state index in [-0.39, 0.29) is 5.60 Å². The lowest BCUT2D eigenvalue weighted by atomic mass is 9.79. The Balaban J connectivity index is 1.50. The van der Waals surface area contributed by atoms with Crippen molar-refractivity contribution in [2.75, 3.05) is 19.8 Å². The van der Waals surface area contributed by atoms with E-state index in [9.17, 15) is 0 Å². The van der Waals surface area contributed by atoms with Crippen LogP contribution in [0.3, 0.4) is 0 Å². The molecule has 3 fully saturated rings. The zero-order valence-electron chi connectivity index (χ0n) is 13.0. The van der Waals surface area contributed by atoms with Crippen molar-refractivity contribution in [3.63, 3.8) is 0 Å². The maximum atomic E-state index is 6.45. The number of ether oxygens (including phenoxy) is 2. The Morgan fingerprint density at radius 3 is 2.55 bits per heavy atom. The molecule has 3 aliphatic rings. The smallest absolute Gasteiger partial charge is 0.0808 e. The van der Waals surface area contributed by atoms with E-state index in [2.05, 4.69) is 12.2 Å². The molecule has 1 aliphatic heterocycles. The molecular weight excluding hydrogens is 250 g/mol. The Morgan fingerprint density at radius 2 is 1.90 bits per heavy atom. The summed E-state index contributed by atoms with van der Waals surface area (Å²) in [6.07, 6.45) is 11.9. The first kappa shape index (κ1) is 14.8. The number of nitrogens with one attached hydrogen (secondary N) is 1. The molecule has 2 saturated carbocycles. The summed E-state index contributed by atoms with van der Waals surface area (Å²) in [7, 11) is 0. The second kappa shape index (κ2) is 6.76. The van der Waals surface area contributed by atoms with Gasteiger partial charge in [-0.25, -0.2) is 0 Å². The van der Waals surface area contributed by atoms with Gasteiger partial charge in [0.05, 0.1) is 18.3 Å². The molecule has 0 bridgehead atoms. The highest BCUT2D eigenvalue weighted by Crippen LogP contribution is 2.35. The quantitative estimate of drug-likeness (QED) is 0.810. The van der Waals surface area contributed by atoms with Crippen LogP contribution in [0, 0.1) is 5.92 Å². The Morgan fingerprint density at radius 1 is 1.10 bits per heavy atom. The highest BCUT2D eigenvalue weighted by atomic mass is 16.5. The third-order valence-electron chi connectivity index (χ3n) is 5.33. The predicted molar refractivity (Wildman–Crippen MR) is 80.9 cm³/mol. The first-order chi connectivity index (χ1) is 9.76. The molecular formula is C17H31NO2. The van der Waals surface area contributed by atoms with Gasteiger partial charge in [0.1, 0.15) is 0 Å². The van der Waals surface area contributed by atoms with Gasteiger partial charge in [-0.05, 0) is 63.7 Å². The van der Waals surface area contributed by atoms with Crippen molar-refractivity contribution < 1.29 is 9.47 Å². The Labute approximate surface area is 123 Å². The minimum absolute atomic E-state index is 0.0932. The Bertz CT molecular complexity index is 289. The SMILES string of the molecule is CC1CCC(CNC2CC2)(OCC2CCCCO2)CC1. The maximum absolute atomic E-state index is 6.45. The molecule has 116 valence electrons. The van der Waals surface area contributed by atoms with E-state index in [0.29, 0.717) is 6.10 Å². The van der Waals surface area contributed by atoms with Crippen molar-refractivity contribution in [2.24, 2.45) is 5.92 Å². The fourth-order valence-corrected chi connectivity index (χ4v) is 3.49. The monoisotopic (exact) mass is 281 g/mol. The molecule has 0 aromatic carbocycles. The molecule has 0 aromatic rings. The molecule has 0 radical (unpaired) electrons. The summed E-state index contributed by atoms with van der Waals surface area (Å²) >= 11 is 0. The van der Waals surface area contributed by atoms with Gasteiger partial charge in [0.25, 0.3) is 0 Å². The third-order valence-corrected chi connectivity index (χ3v) is 5.33. The van der Waals surface area contributed by atoms with Crippen LogP contribution in [0.25, 0.3) is 0 Å². The largest absolute Gasteiger partial charge is 0.376 e. The van der Waals surface area contributed by atoms with Crippen LogP contribution in [-0.2, 0) is 9.47 Å². The van der Waals surface area contributed by atoms with Crippen LogP contribution in [-0.4, -0.2) is 37.5 Å². The average Bonchev–Trinajstić information content (AvgIpc) is 3.31. The fraction of sp³-hybridized carbons (Fsp3) is 1.00. The normalized spacial score (nSPS) is 38.9. The molecule has 1 atom stereocenters. The van der Waals surface area contributed by atoms with Crippen LogP contribution in [0.4, 0.5) is 0 Å². The zero-order valence-corrected chi connectivity index (χ0v) is 13.0. The fourth-order valence-electron chi connectivity index (χ4n) is 3.49. The molecule has 3 heteroatoms. The summed E-state index contributed by atoms with van der Waals surface area (Å²) < 4.78 is 12.3. The lowest BCUT2D eigenvalue weighted by Crippen LogP contribution is -2.48. The average molecular weight is 281 g/mol. The van der Waals surface area contributed by atoms with Crippen LogP contribution < -0.4 is 5.32 Å². The summed E-state index contributed by atoms with van der Waals surface area (Å²) in [5.41, 5.74) is 0.0932. The van der Waals surface area contributed by atoms with Crippen molar-refractivity contribution in [1.29, 1.82) is 0 Å². The van der Waals surface area contributed by atoms with E-state index in [1.165, 1.54) is 57.8 Å². The van der Waals surface area contributed by atoms with Crippen molar-refractivity contribution in [1.82, 2.24) is 5.32 Å². The van der Waals surface area contributed by atoms with E-state index >= 15 is 0 Å². The first-order valence-electron chi connectivity index (χ1n) is 8.75. The van der Waals surface area contributed by atoms with Gasteiger partial charge in [0.2, 0.25) is 0 Å². The zero-order chi connectivity index (χ0) is 13.8. The van der Waals surface area contributed by atoms with Crippen molar-refractivity contribution in [3.8, 4) is 0 Å². The van der Waals surface area contributed by atoms with E-state index in [4.69, 9.17) is 9.47 Å². The third kappa shape index (κ3) is 4.19.